The summed E-state index contributed by atoms with van der Waals surface area (Å²) in [5, 5.41) is 0. The fourth-order valence-corrected chi connectivity index (χ4v) is 5.42. The minimum atomic E-state index is -0.948. The van der Waals surface area contributed by atoms with E-state index in [1.54, 1.807) is 0 Å². The smallest absolute Gasteiger partial charge is 0.147 e. The van der Waals surface area contributed by atoms with E-state index < -0.39 is 5.41 Å². The third-order valence-electron chi connectivity index (χ3n) is 7.80. The maximum Gasteiger partial charge on any atom is 0.147 e. The fourth-order valence-electron chi connectivity index (χ4n) is 5.42. The molecule has 0 aliphatic rings. The Bertz CT molecular complexity index is 454. The van der Waals surface area contributed by atoms with Crippen molar-refractivity contribution in [1.82, 2.24) is 0 Å². The Morgan fingerprint density at radius 2 is 0.853 bits per heavy atom. The summed E-state index contributed by atoms with van der Waals surface area (Å²) >= 11 is 0. The van der Waals surface area contributed by atoms with E-state index >= 15 is 0 Å². The zero-order chi connectivity index (χ0) is 25.5. The van der Waals surface area contributed by atoms with Crippen molar-refractivity contribution in [2.45, 2.75) is 181 Å². The van der Waals surface area contributed by atoms with Gasteiger partial charge in [-0.15, -0.1) is 0 Å². The van der Waals surface area contributed by atoms with Gasteiger partial charge in [0, 0.05) is 18.9 Å². The Hall–Kier alpha value is -0.700. The number of ketones is 2. The van der Waals surface area contributed by atoms with Crippen LogP contribution in [-0.2, 0) is 9.59 Å². The molecule has 0 aromatic rings. The Labute approximate surface area is 213 Å². The molecule has 0 amide bonds. The lowest BCUT2D eigenvalue weighted by molar-refractivity contribution is -0.143. The molecule has 0 aliphatic heterocycles. The Morgan fingerprint density at radius 1 is 0.529 bits per heavy atom. The molecule has 2 N–H and O–H groups in total. The van der Waals surface area contributed by atoms with Crippen LogP contribution >= 0.6 is 0 Å². The number of unbranched alkanes of at least 4 members (excludes halogenated alkanes) is 16. The van der Waals surface area contributed by atoms with Crippen LogP contribution in [0.15, 0.2) is 0 Å². The van der Waals surface area contributed by atoms with Gasteiger partial charge in [0.2, 0.25) is 0 Å². The Kier molecular flexibility index (Phi) is 22.3. The summed E-state index contributed by atoms with van der Waals surface area (Å²) in [5.41, 5.74) is 5.61. The van der Waals surface area contributed by atoms with Crippen LogP contribution in [0.3, 0.4) is 0 Å². The summed E-state index contributed by atoms with van der Waals surface area (Å²) in [6, 6.07) is -0.334. The third-order valence-corrected chi connectivity index (χ3v) is 7.80. The summed E-state index contributed by atoms with van der Waals surface area (Å²) in [7, 11) is 0. The summed E-state index contributed by atoms with van der Waals surface area (Å²) < 4.78 is 0. The van der Waals surface area contributed by atoms with E-state index in [-0.39, 0.29) is 17.6 Å². The van der Waals surface area contributed by atoms with Crippen LogP contribution in [0.4, 0.5) is 0 Å². The lowest BCUT2D eigenvalue weighted by Gasteiger charge is -2.36. The number of Topliss-reactive ketones (excluding diaryl/α,β-unsaturated/α-hetero) is 2. The van der Waals surface area contributed by atoms with E-state index in [0.29, 0.717) is 19.3 Å². The highest BCUT2D eigenvalue weighted by atomic mass is 16.2. The molecule has 0 bridgehead atoms. The van der Waals surface area contributed by atoms with Gasteiger partial charge in [-0.3, -0.25) is 9.59 Å². The number of hydrogen-bond acceptors (Lipinski definition) is 3. The van der Waals surface area contributed by atoms with Crippen LogP contribution in [0.2, 0.25) is 0 Å². The van der Waals surface area contributed by atoms with Gasteiger partial charge in [-0.2, -0.15) is 0 Å². The molecule has 0 aliphatic carbocycles. The van der Waals surface area contributed by atoms with E-state index in [2.05, 4.69) is 20.8 Å². The number of carbonyl (C=O) groups excluding carboxylic acids is 2. The SMILES string of the molecule is CCCCCCCCCCCC(=O)C(CC)(C(=O)CCCCCCCCCCC)C(N)CCC. The largest absolute Gasteiger partial charge is 0.326 e. The second kappa shape index (κ2) is 22.7. The Morgan fingerprint density at radius 3 is 1.15 bits per heavy atom. The van der Waals surface area contributed by atoms with Crippen molar-refractivity contribution in [1.29, 1.82) is 0 Å². The lowest BCUT2D eigenvalue weighted by atomic mass is 9.67. The molecule has 34 heavy (non-hydrogen) atoms. The molecule has 0 rings (SSSR count). The normalized spacial score (nSPS) is 12.7. The molecule has 0 aromatic carbocycles. The van der Waals surface area contributed by atoms with Gasteiger partial charge in [-0.25, -0.2) is 0 Å². The van der Waals surface area contributed by atoms with Crippen LogP contribution in [0.25, 0.3) is 0 Å². The predicted molar refractivity (Wildman–Crippen MR) is 149 cm³/mol. The first-order valence-corrected chi connectivity index (χ1v) is 15.3. The van der Waals surface area contributed by atoms with Gasteiger partial charge >= 0.3 is 0 Å². The standard InChI is InChI=1S/C31H61NO2/c1-5-9-11-13-15-17-19-21-23-26-29(33)31(8-4,28(32)25-7-3)30(34)27-24-22-20-18-16-14-12-10-6-2/h28H,5-27,32H2,1-4H3. The highest BCUT2D eigenvalue weighted by Gasteiger charge is 2.46. The highest BCUT2D eigenvalue weighted by molar-refractivity contribution is 6.07. The first kappa shape index (κ1) is 33.3. The second-order valence-corrected chi connectivity index (χ2v) is 10.7. The van der Waals surface area contributed by atoms with Crippen LogP contribution < -0.4 is 5.73 Å². The molecule has 202 valence electrons. The predicted octanol–water partition coefficient (Wildman–Crippen LogP) is 9.49. The highest BCUT2D eigenvalue weighted by Crippen LogP contribution is 2.34. The molecule has 0 radical (unpaired) electrons. The van der Waals surface area contributed by atoms with Crippen molar-refractivity contribution in [3.8, 4) is 0 Å². The maximum atomic E-state index is 13.4. The van der Waals surface area contributed by atoms with Gasteiger partial charge in [0.05, 0.1) is 0 Å². The number of nitrogens with two attached hydrogens (primary N) is 1. The van der Waals surface area contributed by atoms with Gasteiger partial charge in [-0.1, -0.05) is 137 Å². The van der Waals surface area contributed by atoms with E-state index in [1.165, 1.54) is 89.9 Å². The first-order chi connectivity index (χ1) is 16.5. The van der Waals surface area contributed by atoms with E-state index in [9.17, 15) is 9.59 Å². The zero-order valence-electron chi connectivity index (χ0n) is 23.7. The van der Waals surface area contributed by atoms with Gasteiger partial charge in [0.25, 0.3) is 0 Å². The molecule has 1 atom stereocenters. The van der Waals surface area contributed by atoms with Crippen LogP contribution in [0, 0.1) is 5.41 Å². The molecule has 0 heterocycles. The molecule has 0 spiro atoms. The van der Waals surface area contributed by atoms with Gasteiger partial charge in [-0.05, 0) is 25.7 Å². The zero-order valence-corrected chi connectivity index (χ0v) is 23.7. The molecule has 0 saturated carbocycles. The fraction of sp³-hybridized carbons (Fsp3) is 0.935. The second-order valence-electron chi connectivity index (χ2n) is 10.7. The lowest BCUT2D eigenvalue weighted by Crippen LogP contribution is -2.52. The number of hydrogen-bond donors (Lipinski definition) is 1. The maximum absolute atomic E-state index is 13.4. The van der Waals surface area contributed by atoms with Crippen molar-refractivity contribution in [2.75, 3.05) is 0 Å². The van der Waals surface area contributed by atoms with Crippen molar-refractivity contribution >= 4 is 11.6 Å². The molecule has 3 nitrogen and oxygen atoms in total. The molecule has 0 aromatic heterocycles. The van der Waals surface area contributed by atoms with E-state index in [0.717, 1.165) is 38.5 Å². The van der Waals surface area contributed by atoms with Gasteiger partial charge in [0.1, 0.15) is 17.0 Å². The minimum absolute atomic E-state index is 0.125. The summed E-state index contributed by atoms with van der Waals surface area (Å²) in [4.78, 5) is 26.8. The molecule has 1 unspecified atom stereocenters. The summed E-state index contributed by atoms with van der Waals surface area (Å²) in [6.07, 6.45) is 25.5. The first-order valence-electron chi connectivity index (χ1n) is 15.3. The summed E-state index contributed by atoms with van der Waals surface area (Å²) in [6.45, 7) is 8.59. The molecule has 3 heteroatoms. The molecule has 0 fully saturated rings. The average molecular weight is 480 g/mol. The molecule has 0 saturated heterocycles. The van der Waals surface area contributed by atoms with Crippen LogP contribution in [0.5, 0.6) is 0 Å². The van der Waals surface area contributed by atoms with Crippen molar-refractivity contribution in [3.63, 3.8) is 0 Å². The monoisotopic (exact) mass is 479 g/mol. The van der Waals surface area contributed by atoms with Crippen molar-refractivity contribution in [2.24, 2.45) is 11.1 Å². The van der Waals surface area contributed by atoms with Gasteiger partial charge < -0.3 is 5.73 Å². The molecular formula is C31H61NO2. The summed E-state index contributed by atoms with van der Waals surface area (Å²) in [5.74, 6) is 0.250. The van der Waals surface area contributed by atoms with E-state index in [4.69, 9.17) is 5.73 Å². The minimum Gasteiger partial charge on any atom is -0.326 e. The number of carbonyl (C=O) groups is 2. The topological polar surface area (TPSA) is 60.2 Å². The quantitative estimate of drug-likeness (QED) is 0.0992. The average Bonchev–Trinajstić information content (AvgIpc) is 2.83. The van der Waals surface area contributed by atoms with Crippen LogP contribution in [-0.4, -0.2) is 17.6 Å². The van der Waals surface area contributed by atoms with E-state index in [1.807, 2.05) is 6.92 Å². The molecular weight excluding hydrogens is 418 g/mol. The Balaban J connectivity index is 4.52. The number of rotatable bonds is 26. The van der Waals surface area contributed by atoms with Crippen molar-refractivity contribution < 1.29 is 9.59 Å². The van der Waals surface area contributed by atoms with Gasteiger partial charge in [0.15, 0.2) is 0 Å². The van der Waals surface area contributed by atoms with Crippen molar-refractivity contribution in [3.05, 3.63) is 0 Å². The third kappa shape index (κ3) is 14.0. The van der Waals surface area contributed by atoms with Crippen LogP contribution in [0.1, 0.15) is 175 Å².